The minimum atomic E-state index is 0.367. The molecule has 0 saturated heterocycles. The van der Waals surface area contributed by atoms with Gasteiger partial charge in [0.2, 0.25) is 0 Å². The smallest absolute Gasteiger partial charge is 0.188 e. The van der Waals surface area contributed by atoms with Crippen molar-refractivity contribution < 1.29 is 14.3 Å². The zero-order valence-electron chi connectivity index (χ0n) is 12.4. The topological polar surface area (TPSA) is 35.5 Å². The molecule has 0 spiro atoms. The lowest BCUT2D eigenvalue weighted by Gasteiger charge is -2.02. The van der Waals surface area contributed by atoms with Crippen LogP contribution in [0.25, 0.3) is 0 Å². The van der Waals surface area contributed by atoms with Gasteiger partial charge in [-0.1, -0.05) is 39.0 Å². The summed E-state index contributed by atoms with van der Waals surface area (Å²) in [5.74, 6) is 0. The fourth-order valence-corrected chi connectivity index (χ4v) is 1.76. The first-order valence-electron chi connectivity index (χ1n) is 7.69. The summed E-state index contributed by atoms with van der Waals surface area (Å²) in [6.07, 6.45) is 16.0. The van der Waals surface area contributed by atoms with Crippen LogP contribution in [0.5, 0.6) is 0 Å². The normalized spacial score (nSPS) is 11.0. The fourth-order valence-electron chi connectivity index (χ4n) is 1.76. The molecule has 0 bridgehead atoms. The number of hydrogen-bond donors (Lipinski definition) is 0. The van der Waals surface area contributed by atoms with Crippen LogP contribution in [-0.2, 0) is 14.3 Å². The average Bonchev–Trinajstić information content (AvgIpc) is 2.43. The number of unbranched alkanes of at least 4 members (excludes halogenated alkanes) is 8. The van der Waals surface area contributed by atoms with Crippen LogP contribution in [0.1, 0.15) is 71.1 Å². The number of hydrogen-bond acceptors (Lipinski definition) is 3. The van der Waals surface area contributed by atoms with E-state index in [1.807, 2.05) is 0 Å². The SMILES string of the molecule is CCCCCOCOC=CCCCCCCCC=O. The van der Waals surface area contributed by atoms with Gasteiger partial charge in [-0.15, -0.1) is 0 Å². The summed E-state index contributed by atoms with van der Waals surface area (Å²) in [5.41, 5.74) is 0. The van der Waals surface area contributed by atoms with Crippen molar-refractivity contribution in [3.63, 3.8) is 0 Å². The van der Waals surface area contributed by atoms with Gasteiger partial charge in [0, 0.05) is 6.42 Å². The van der Waals surface area contributed by atoms with Gasteiger partial charge in [-0.3, -0.25) is 0 Å². The maximum atomic E-state index is 10.1. The Morgan fingerprint density at radius 1 is 0.895 bits per heavy atom. The Balaban J connectivity index is 3.03. The summed E-state index contributed by atoms with van der Waals surface area (Å²) in [5, 5.41) is 0. The van der Waals surface area contributed by atoms with Crippen LogP contribution in [0.3, 0.4) is 0 Å². The van der Waals surface area contributed by atoms with Crippen molar-refractivity contribution in [2.45, 2.75) is 71.1 Å². The summed E-state index contributed by atoms with van der Waals surface area (Å²) in [7, 11) is 0. The lowest BCUT2D eigenvalue weighted by molar-refractivity contribution is -0.107. The number of carbonyl (C=O) groups is 1. The van der Waals surface area contributed by atoms with E-state index in [2.05, 4.69) is 13.0 Å². The second-order valence-corrected chi connectivity index (χ2v) is 4.78. The van der Waals surface area contributed by atoms with E-state index < -0.39 is 0 Å². The molecule has 0 atom stereocenters. The number of allylic oxidation sites excluding steroid dienone is 1. The van der Waals surface area contributed by atoms with Gasteiger partial charge in [0.15, 0.2) is 6.79 Å². The van der Waals surface area contributed by atoms with Crippen molar-refractivity contribution >= 4 is 6.29 Å². The monoisotopic (exact) mass is 270 g/mol. The van der Waals surface area contributed by atoms with Crippen LogP contribution in [-0.4, -0.2) is 19.7 Å². The molecule has 0 aliphatic heterocycles. The van der Waals surface area contributed by atoms with E-state index in [-0.39, 0.29) is 0 Å². The number of ether oxygens (including phenoxy) is 2. The quantitative estimate of drug-likeness (QED) is 0.189. The van der Waals surface area contributed by atoms with Gasteiger partial charge in [-0.25, -0.2) is 0 Å². The first-order chi connectivity index (χ1) is 9.41. The number of carbonyl (C=O) groups excluding carboxylic acids is 1. The lowest BCUT2D eigenvalue weighted by Crippen LogP contribution is -1.97. The highest BCUT2D eigenvalue weighted by Crippen LogP contribution is 2.06. The van der Waals surface area contributed by atoms with E-state index in [0.717, 1.165) is 32.2 Å². The second-order valence-electron chi connectivity index (χ2n) is 4.78. The molecule has 0 N–H and O–H groups in total. The van der Waals surface area contributed by atoms with Crippen LogP contribution in [0.2, 0.25) is 0 Å². The van der Waals surface area contributed by atoms with E-state index in [4.69, 9.17) is 9.47 Å². The van der Waals surface area contributed by atoms with Gasteiger partial charge in [0.05, 0.1) is 12.9 Å². The molecule has 0 aromatic rings. The number of rotatable bonds is 15. The molecule has 3 heteroatoms. The second kappa shape index (κ2) is 17.2. The predicted molar refractivity (Wildman–Crippen MR) is 79.0 cm³/mol. The lowest BCUT2D eigenvalue weighted by atomic mass is 10.1. The van der Waals surface area contributed by atoms with Crippen molar-refractivity contribution in [1.82, 2.24) is 0 Å². The third-order valence-electron chi connectivity index (χ3n) is 2.93. The van der Waals surface area contributed by atoms with Gasteiger partial charge in [0.1, 0.15) is 6.29 Å². The highest BCUT2D eigenvalue weighted by Gasteiger charge is 1.90. The maximum Gasteiger partial charge on any atom is 0.188 e. The van der Waals surface area contributed by atoms with Crippen molar-refractivity contribution in [3.05, 3.63) is 12.3 Å². The van der Waals surface area contributed by atoms with Crippen molar-refractivity contribution in [2.75, 3.05) is 13.4 Å². The van der Waals surface area contributed by atoms with E-state index in [1.54, 1.807) is 6.26 Å². The molecule has 0 radical (unpaired) electrons. The van der Waals surface area contributed by atoms with Crippen molar-refractivity contribution in [2.24, 2.45) is 0 Å². The van der Waals surface area contributed by atoms with Gasteiger partial charge >= 0.3 is 0 Å². The van der Waals surface area contributed by atoms with Crippen LogP contribution < -0.4 is 0 Å². The largest absolute Gasteiger partial charge is 0.475 e. The first kappa shape index (κ1) is 18.2. The van der Waals surface area contributed by atoms with E-state index in [0.29, 0.717) is 13.2 Å². The average molecular weight is 270 g/mol. The Morgan fingerprint density at radius 3 is 2.37 bits per heavy atom. The summed E-state index contributed by atoms with van der Waals surface area (Å²) >= 11 is 0. The van der Waals surface area contributed by atoms with Gasteiger partial charge in [0.25, 0.3) is 0 Å². The minimum Gasteiger partial charge on any atom is -0.475 e. The Bertz CT molecular complexity index is 202. The summed E-state index contributed by atoms with van der Waals surface area (Å²) in [6.45, 7) is 3.34. The van der Waals surface area contributed by atoms with E-state index in [1.165, 1.54) is 38.5 Å². The Hall–Kier alpha value is -0.830. The maximum absolute atomic E-state index is 10.1. The zero-order chi connectivity index (χ0) is 14.0. The summed E-state index contributed by atoms with van der Waals surface area (Å²) in [6, 6.07) is 0. The number of aldehydes is 1. The van der Waals surface area contributed by atoms with E-state index in [9.17, 15) is 4.79 Å². The molecular formula is C16H30O3. The molecule has 0 amide bonds. The molecule has 0 fully saturated rings. The van der Waals surface area contributed by atoms with Crippen LogP contribution in [0.4, 0.5) is 0 Å². The minimum absolute atomic E-state index is 0.367. The van der Waals surface area contributed by atoms with Crippen molar-refractivity contribution in [3.8, 4) is 0 Å². The summed E-state index contributed by atoms with van der Waals surface area (Å²) < 4.78 is 10.5. The zero-order valence-corrected chi connectivity index (χ0v) is 12.4. The van der Waals surface area contributed by atoms with E-state index >= 15 is 0 Å². The molecule has 0 unspecified atom stereocenters. The van der Waals surface area contributed by atoms with Gasteiger partial charge in [-0.05, 0) is 31.8 Å². The third-order valence-corrected chi connectivity index (χ3v) is 2.93. The van der Waals surface area contributed by atoms with Crippen LogP contribution in [0.15, 0.2) is 12.3 Å². The molecule has 0 heterocycles. The highest BCUT2D eigenvalue weighted by molar-refractivity contribution is 5.48. The Morgan fingerprint density at radius 2 is 1.63 bits per heavy atom. The first-order valence-corrected chi connectivity index (χ1v) is 7.69. The molecule has 0 aromatic carbocycles. The molecule has 0 aliphatic rings. The third kappa shape index (κ3) is 17.2. The highest BCUT2D eigenvalue weighted by atomic mass is 16.7. The molecule has 19 heavy (non-hydrogen) atoms. The molecule has 112 valence electrons. The van der Waals surface area contributed by atoms with Gasteiger partial charge < -0.3 is 14.3 Å². The van der Waals surface area contributed by atoms with Gasteiger partial charge in [-0.2, -0.15) is 0 Å². The Labute approximate surface area is 118 Å². The predicted octanol–water partition coefficient (Wildman–Crippen LogP) is 4.61. The van der Waals surface area contributed by atoms with Crippen LogP contribution >= 0.6 is 0 Å². The standard InChI is InChI=1S/C16H30O3/c1-2-3-11-14-18-16-19-15-12-9-7-5-4-6-8-10-13-17/h12-13,15H,2-11,14,16H2,1H3. The molecule has 3 nitrogen and oxygen atoms in total. The molecular weight excluding hydrogens is 240 g/mol. The Kier molecular flexibility index (Phi) is 16.4. The molecule has 0 aliphatic carbocycles. The molecule has 0 saturated carbocycles. The fraction of sp³-hybridized carbons (Fsp3) is 0.812. The molecule has 0 rings (SSSR count). The molecule has 0 aromatic heterocycles. The van der Waals surface area contributed by atoms with Crippen molar-refractivity contribution in [1.29, 1.82) is 0 Å². The van der Waals surface area contributed by atoms with Crippen LogP contribution in [0, 0.1) is 0 Å². The summed E-state index contributed by atoms with van der Waals surface area (Å²) in [4.78, 5) is 10.1.